The van der Waals surface area contributed by atoms with Crippen molar-refractivity contribution >= 4 is 28.3 Å². The molecule has 0 aliphatic carbocycles. The Kier molecular flexibility index (Phi) is 3.52. The van der Waals surface area contributed by atoms with Crippen LogP contribution in [0.4, 0.5) is 0 Å². The summed E-state index contributed by atoms with van der Waals surface area (Å²) in [6.45, 7) is 1.84. The monoisotopic (exact) mass is 349 g/mol. The highest BCUT2D eigenvalue weighted by molar-refractivity contribution is 6.33. The van der Waals surface area contributed by atoms with Gasteiger partial charge in [0.15, 0.2) is 11.3 Å². The zero-order chi connectivity index (χ0) is 17.6. The third-order valence-corrected chi connectivity index (χ3v) is 4.31. The van der Waals surface area contributed by atoms with E-state index in [9.17, 15) is 5.26 Å². The molecule has 0 radical (unpaired) electrons. The number of imidazole rings is 1. The van der Waals surface area contributed by atoms with Gasteiger partial charge < -0.3 is 4.74 Å². The fourth-order valence-corrected chi connectivity index (χ4v) is 3.10. The smallest absolute Gasteiger partial charge is 0.215 e. The highest BCUT2D eigenvalue weighted by atomic mass is 35.5. The molecule has 4 aromatic rings. The number of benzene rings is 1. The minimum atomic E-state index is 0.294. The summed E-state index contributed by atoms with van der Waals surface area (Å²) in [5.74, 6) is 1.07. The Morgan fingerprint density at radius 1 is 1.12 bits per heavy atom. The van der Waals surface area contributed by atoms with Crippen LogP contribution in [0.1, 0.15) is 11.4 Å². The van der Waals surface area contributed by atoms with Gasteiger partial charge in [-0.25, -0.2) is 9.97 Å². The van der Waals surface area contributed by atoms with Crippen molar-refractivity contribution in [2.75, 3.05) is 7.11 Å². The number of halogens is 1. The van der Waals surface area contributed by atoms with Gasteiger partial charge in [0.1, 0.15) is 22.9 Å². The summed E-state index contributed by atoms with van der Waals surface area (Å²) in [7, 11) is 1.55. The normalized spacial score (nSPS) is 11.0. The third kappa shape index (κ3) is 2.29. The third-order valence-electron chi connectivity index (χ3n) is 3.98. The molecule has 0 spiro atoms. The van der Waals surface area contributed by atoms with Gasteiger partial charge in [0.2, 0.25) is 5.88 Å². The average molecular weight is 350 g/mol. The second kappa shape index (κ2) is 5.72. The van der Waals surface area contributed by atoms with E-state index < -0.39 is 0 Å². The zero-order valence-corrected chi connectivity index (χ0v) is 14.2. The van der Waals surface area contributed by atoms with Crippen molar-refractivity contribution in [3.63, 3.8) is 0 Å². The van der Waals surface area contributed by atoms with Gasteiger partial charge in [0, 0.05) is 11.6 Å². The summed E-state index contributed by atoms with van der Waals surface area (Å²) in [4.78, 5) is 13.6. The van der Waals surface area contributed by atoms with Crippen LogP contribution >= 0.6 is 11.6 Å². The molecule has 4 rings (SSSR count). The fraction of sp³-hybridized carbons (Fsp3) is 0.111. The number of nitriles is 1. The van der Waals surface area contributed by atoms with Crippen LogP contribution in [-0.4, -0.2) is 26.5 Å². The van der Waals surface area contributed by atoms with Gasteiger partial charge in [-0.3, -0.25) is 4.40 Å². The Labute approximate surface area is 148 Å². The SMILES string of the molecule is COc1ccc2nc(C#N)c3c(C)nc(-c4ccccc4Cl)n3c2n1. The van der Waals surface area contributed by atoms with Crippen molar-refractivity contribution in [3.8, 4) is 23.3 Å². The van der Waals surface area contributed by atoms with Crippen molar-refractivity contribution < 1.29 is 4.74 Å². The topological polar surface area (TPSA) is 76.1 Å². The minimum absolute atomic E-state index is 0.294. The number of pyridine rings is 1. The second-order valence-corrected chi connectivity index (χ2v) is 5.86. The predicted octanol–water partition coefficient (Wildman–Crippen LogP) is 3.79. The maximum atomic E-state index is 9.53. The first-order valence-electron chi connectivity index (χ1n) is 7.53. The van der Waals surface area contributed by atoms with Crippen LogP contribution < -0.4 is 4.74 Å². The molecule has 0 unspecified atom stereocenters. The van der Waals surface area contributed by atoms with Gasteiger partial charge >= 0.3 is 0 Å². The van der Waals surface area contributed by atoms with Crippen LogP contribution in [0.25, 0.3) is 28.1 Å². The van der Waals surface area contributed by atoms with Gasteiger partial charge in [-0.1, -0.05) is 23.7 Å². The van der Waals surface area contributed by atoms with E-state index in [1.54, 1.807) is 25.3 Å². The zero-order valence-electron chi connectivity index (χ0n) is 13.5. The summed E-state index contributed by atoms with van der Waals surface area (Å²) in [6.07, 6.45) is 0. The number of hydrogen-bond acceptors (Lipinski definition) is 5. The van der Waals surface area contributed by atoms with E-state index in [1.807, 2.05) is 29.5 Å². The number of nitrogens with zero attached hydrogens (tertiary/aromatic N) is 5. The molecule has 0 saturated carbocycles. The van der Waals surface area contributed by atoms with E-state index in [2.05, 4.69) is 21.0 Å². The number of fused-ring (bicyclic) bond motifs is 3. The van der Waals surface area contributed by atoms with Crippen molar-refractivity contribution in [2.24, 2.45) is 0 Å². The molecule has 0 bridgehead atoms. The van der Waals surface area contributed by atoms with Gasteiger partial charge in [0.05, 0.1) is 17.8 Å². The lowest BCUT2D eigenvalue weighted by molar-refractivity contribution is 0.399. The van der Waals surface area contributed by atoms with Crippen molar-refractivity contribution in [2.45, 2.75) is 6.92 Å². The maximum absolute atomic E-state index is 9.53. The molecule has 1 aromatic carbocycles. The molecule has 6 nitrogen and oxygen atoms in total. The van der Waals surface area contributed by atoms with Crippen LogP contribution in [0, 0.1) is 18.3 Å². The molecule has 122 valence electrons. The molecule has 0 aliphatic heterocycles. The molecule has 0 aliphatic rings. The minimum Gasteiger partial charge on any atom is -0.481 e. The lowest BCUT2D eigenvalue weighted by Crippen LogP contribution is -2.01. The molecule has 0 amide bonds. The van der Waals surface area contributed by atoms with E-state index >= 15 is 0 Å². The number of aryl methyl sites for hydroxylation is 1. The Hall–Kier alpha value is -3.17. The second-order valence-electron chi connectivity index (χ2n) is 5.45. The van der Waals surface area contributed by atoms with E-state index in [0.29, 0.717) is 44.8 Å². The van der Waals surface area contributed by atoms with Gasteiger partial charge in [-0.2, -0.15) is 10.2 Å². The number of hydrogen-bond donors (Lipinski definition) is 0. The van der Waals surface area contributed by atoms with Crippen LogP contribution in [0.5, 0.6) is 5.88 Å². The molecular weight excluding hydrogens is 338 g/mol. The van der Waals surface area contributed by atoms with E-state index in [0.717, 1.165) is 5.56 Å². The van der Waals surface area contributed by atoms with E-state index in [-0.39, 0.29) is 0 Å². The van der Waals surface area contributed by atoms with Gasteiger partial charge in [-0.05, 0) is 25.1 Å². The first kappa shape index (κ1) is 15.4. The van der Waals surface area contributed by atoms with E-state index in [4.69, 9.17) is 16.3 Å². The average Bonchev–Trinajstić information content (AvgIpc) is 2.98. The lowest BCUT2D eigenvalue weighted by Gasteiger charge is -2.08. The lowest BCUT2D eigenvalue weighted by atomic mass is 10.2. The highest BCUT2D eigenvalue weighted by Gasteiger charge is 2.20. The Bertz CT molecular complexity index is 1180. The molecule has 7 heteroatoms. The van der Waals surface area contributed by atoms with Crippen molar-refractivity contribution in [1.29, 1.82) is 5.26 Å². The van der Waals surface area contributed by atoms with Gasteiger partial charge in [0.25, 0.3) is 0 Å². The molecule has 0 saturated heterocycles. The number of aromatic nitrogens is 4. The molecule has 0 fully saturated rings. The van der Waals surface area contributed by atoms with Crippen LogP contribution in [0.15, 0.2) is 36.4 Å². The summed E-state index contributed by atoms with van der Waals surface area (Å²) >= 11 is 6.37. The Morgan fingerprint density at radius 3 is 2.64 bits per heavy atom. The summed E-state index contributed by atoms with van der Waals surface area (Å²) < 4.78 is 7.06. The summed E-state index contributed by atoms with van der Waals surface area (Å²) in [6, 6.07) is 13.1. The highest BCUT2D eigenvalue weighted by Crippen LogP contribution is 2.32. The predicted molar refractivity (Wildman–Crippen MR) is 94.7 cm³/mol. The largest absolute Gasteiger partial charge is 0.481 e. The standard InChI is InChI=1S/C18H12ClN5O/c1-10-16-14(9-20)22-13-7-8-15(25-2)23-18(13)24(16)17(21-10)11-5-3-4-6-12(11)19/h3-8H,1-2H3. The molecule has 3 aromatic heterocycles. The number of methoxy groups -OCH3 is 1. The number of ether oxygens (including phenoxy) is 1. The quantitative estimate of drug-likeness (QED) is 0.550. The molecule has 0 N–H and O–H groups in total. The molecule has 3 heterocycles. The first-order valence-corrected chi connectivity index (χ1v) is 7.90. The van der Waals surface area contributed by atoms with Crippen LogP contribution in [-0.2, 0) is 0 Å². The van der Waals surface area contributed by atoms with Gasteiger partial charge in [-0.15, -0.1) is 0 Å². The van der Waals surface area contributed by atoms with Crippen LogP contribution in [0.2, 0.25) is 5.02 Å². The Balaban J connectivity index is 2.24. The molecule has 0 atom stereocenters. The van der Waals surface area contributed by atoms with Crippen molar-refractivity contribution in [1.82, 2.24) is 19.4 Å². The summed E-state index contributed by atoms with van der Waals surface area (Å²) in [5, 5.41) is 10.1. The fourth-order valence-electron chi connectivity index (χ4n) is 2.88. The molecular formula is C18H12ClN5O. The maximum Gasteiger partial charge on any atom is 0.215 e. The molecule has 25 heavy (non-hydrogen) atoms. The van der Waals surface area contributed by atoms with Crippen LogP contribution in [0.3, 0.4) is 0 Å². The number of rotatable bonds is 2. The van der Waals surface area contributed by atoms with E-state index in [1.165, 1.54) is 0 Å². The van der Waals surface area contributed by atoms with Crippen molar-refractivity contribution in [3.05, 3.63) is 52.8 Å². The Morgan fingerprint density at radius 2 is 1.92 bits per heavy atom. The first-order chi connectivity index (χ1) is 12.1. The summed E-state index contributed by atoms with van der Waals surface area (Å²) in [5.41, 5.74) is 3.49.